The van der Waals surface area contributed by atoms with Crippen LogP contribution in [0.4, 0.5) is 0 Å². The van der Waals surface area contributed by atoms with Gasteiger partial charge >= 0.3 is 5.97 Å². The van der Waals surface area contributed by atoms with Gasteiger partial charge in [0.25, 0.3) is 0 Å². The van der Waals surface area contributed by atoms with Gasteiger partial charge in [0.2, 0.25) is 0 Å². The molecular weight excluding hydrogens is 296 g/mol. The standard InChI is InChI=1S/C22H32O2/c1-2-3-4-5-6-7-8-9-10-11-12-13-14-15-16-17-18-19-20-21-22(23)24/h2,10-19H,1,3-9,20-21H2,(H,23,24)/b11-10+,13-12+,15-14+,17-16+,19-18+. The molecule has 0 fully saturated rings. The van der Waals surface area contributed by atoms with Gasteiger partial charge in [0.05, 0.1) is 0 Å². The molecule has 0 heterocycles. The summed E-state index contributed by atoms with van der Waals surface area (Å²) in [5, 5.41) is 8.48. The van der Waals surface area contributed by atoms with E-state index in [0.717, 1.165) is 12.8 Å². The zero-order valence-electron chi connectivity index (χ0n) is 14.8. The second kappa shape index (κ2) is 19.0. The van der Waals surface area contributed by atoms with Crippen LogP contribution in [0.5, 0.6) is 0 Å². The number of unbranched alkanes of at least 4 members (excludes halogenated alkanes) is 6. The smallest absolute Gasteiger partial charge is 0.303 e. The van der Waals surface area contributed by atoms with Gasteiger partial charge < -0.3 is 5.11 Å². The molecule has 0 aromatic heterocycles. The number of carbonyl (C=O) groups is 1. The summed E-state index contributed by atoms with van der Waals surface area (Å²) in [6.07, 6.45) is 31.4. The molecule has 0 aromatic rings. The Labute approximate surface area is 147 Å². The highest BCUT2D eigenvalue weighted by molar-refractivity contribution is 5.66. The van der Waals surface area contributed by atoms with E-state index in [1.165, 1.54) is 32.1 Å². The maximum absolute atomic E-state index is 10.3. The largest absolute Gasteiger partial charge is 0.481 e. The van der Waals surface area contributed by atoms with Crippen LogP contribution < -0.4 is 0 Å². The Balaban J connectivity index is 3.52. The van der Waals surface area contributed by atoms with Crippen LogP contribution in [-0.4, -0.2) is 11.1 Å². The van der Waals surface area contributed by atoms with Gasteiger partial charge in [0.15, 0.2) is 0 Å². The minimum atomic E-state index is -0.759. The van der Waals surface area contributed by atoms with E-state index in [2.05, 4.69) is 18.7 Å². The number of hydrogen-bond donors (Lipinski definition) is 1. The Hall–Kier alpha value is -2.09. The summed E-state index contributed by atoms with van der Waals surface area (Å²) in [5.41, 5.74) is 0. The minimum absolute atomic E-state index is 0.185. The molecule has 24 heavy (non-hydrogen) atoms. The van der Waals surface area contributed by atoms with Crippen molar-refractivity contribution in [2.75, 3.05) is 0 Å². The number of rotatable bonds is 15. The molecular formula is C22H32O2. The Kier molecular flexibility index (Phi) is 17.3. The van der Waals surface area contributed by atoms with Crippen LogP contribution in [0.15, 0.2) is 73.4 Å². The summed E-state index contributed by atoms with van der Waals surface area (Å²) in [7, 11) is 0. The first-order chi connectivity index (χ1) is 11.8. The van der Waals surface area contributed by atoms with Crippen LogP contribution in [-0.2, 0) is 4.79 Å². The van der Waals surface area contributed by atoms with Crippen molar-refractivity contribution in [2.24, 2.45) is 0 Å². The molecule has 0 aliphatic carbocycles. The lowest BCUT2D eigenvalue weighted by Gasteiger charge is -1.97. The van der Waals surface area contributed by atoms with Gasteiger partial charge in [0.1, 0.15) is 0 Å². The molecule has 0 radical (unpaired) electrons. The minimum Gasteiger partial charge on any atom is -0.481 e. The van der Waals surface area contributed by atoms with Crippen LogP contribution >= 0.6 is 0 Å². The zero-order valence-corrected chi connectivity index (χ0v) is 14.8. The third-order valence-electron chi connectivity index (χ3n) is 3.35. The molecule has 2 heteroatoms. The molecule has 0 aliphatic rings. The van der Waals surface area contributed by atoms with Crippen molar-refractivity contribution < 1.29 is 9.90 Å². The van der Waals surface area contributed by atoms with E-state index in [0.29, 0.717) is 6.42 Å². The molecule has 0 unspecified atom stereocenters. The maximum atomic E-state index is 10.3. The van der Waals surface area contributed by atoms with Gasteiger partial charge in [0, 0.05) is 6.42 Å². The normalized spacial score (nSPS) is 12.5. The summed E-state index contributed by atoms with van der Waals surface area (Å²) in [4.78, 5) is 10.3. The summed E-state index contributed by atoms with van der Waals surface area (Å²) >= 11 is 0. The average molecular weight is 328 g/mol. The van der Waals surface area contributed by atoms with Gasteiger partial charge in [-0.25, -0.2) is 0 Å². The molecule has 0 aromatic carbocycles. The molecule has 0 amide bonds. The van der Waals surface area contributed by atoms with Crippen molar-refractivity contribution in [3.8, 4) is 0 Å². The molecule has 0 bridgehead atoms. The quantitative estimate of drug-likeness (QED) is 0.210. The Bertz CT molecular complexity index is 451. The molecule has 0 aliphatic heterocycles. The van der Waals surface area contributed by atoms with E-state index in [1.54, 1.807) is 0 Å². The lowest BCUT2D eigenvalue weighted by molar-refractivity contribution is -0.136. The van der Waals surface area contributed by atoms with Crippen molar-refractivity contribution in [3.05, 3.63) is 73.4 Å². The van der Waals surface area contributed by atoms with Crippen LogP contribution in [0.1, 0.15) is 57.8 Å². The van der Waals surface area contributed by atoms with Gasteiger partial charge in [-0.3, -0.25) is 4.79 Å². The van der Waals surface area contributed by atoms with E-state index in [9.17, 15) is 4.79 Å². The van der Waals surface area contributed by atoms with E-state index >= 15 is 0 Å². The first-order valence-corrected chi connectivity index (χ1v) is 8.91. The summed E-state index contributed by atoms with van der Waals surface area (Å²) < 4.78 is 0. The van der Waals surface area contributed by atoms with E-state index in [4.69, 9.17) is 5.11 Å². The highest BCUT2D eigenvalue weighted by Crippen LogP contribution is 2.07. The SMILES string of the molecule is C=CCCCCCCC/C=C/C=C/C=C/C=C/C=C/CCC(=O)O. The molecule has 2 nitrogen and oxygen atoms in total. The Morgan fingerprint density at radius 1 is 0.667 bits per heavy atom. The number of allylic oxidation sites excluding steroid dienone is 11. The van der Waals surface area contributed by atoms with E-state index in [-0.39, 0.29) is 6.42 Å². The van der Waals surface area contributed by atoms with Crippen molar-refractivity contribution in [3.63, 3.8) is 0 Å². The Morgan fingerprint density at radius 3 is 1.67 bits per heavy atom. The lowest BCUT2D eigenvalue weighted by Crippen LogP contribution is -1.91. The lowest BCUT2D eigenvalue weighted by atomic mass is 10.1. The second-order valence-corrected chi connectivity index (χ2v) is 5.58. The molecule has 0 atom stereocenters. The zero-order chi connectivity index (χ0) is 17.7. The predicted molar refractivity (Wildman–Crippen MR) is 105 cm³/mol. The number of aliphatic carboxylic acids is 1. The van der Waals surface area contributed by atoms with Crippen molar-refractivity contribution in [2.45, 2.75) is 57.8 Å². The van der Waals surface area contributed by atoms with Crippen molar-refractivity contribution in [1.29, 1.82) is 0 Å². The fraction of sp³-hybridized carbons (Fsp3) is 0.409. The first kappa shape index (κ1) is 21.9. The summed E-state index contributed by atoms with van der Waals surface area (Å²) in [6.45, 7) is 3.74. The molecule has 0 spiro atoms. The predicted octanol–water partition coefficient (Wildman–Crippen LogP) is 6.55. The average Bonchev–Trinajstić information content (AvgIpc) is 2.56. The first-order valence-electron chi connectivity index (χ1n) is 8.91. The number of carboxylic acids is 1. The maximum Gasteiger partial charge on any atom is 0.303 e. The summed E-state index contributed by atoms with van der Waals surface area (Å²) in [5.74, 6) is -0.759. The molecule has 1 N–H and O–H groups in total. The van der Waals surface area contributed by atoms with Crippen molar-refractivity contribution in [1.82, 2.24) is 0 Å². The van der Waals surface area contributed by atoms with Gasteiger partial charge in [-0.15, -0.1) is 6.58 Å². The molecule has 0 saturated carbocycles. The third-order valence-corrected chi connectivity index (χ3v) is 3.35. The fourth-order valence-corrected chi connectivity index (χ4v) is 2.02. The highest BCUT2D eigenvalue weighted by atomic mass is 16.4. The number of carboxylic acid groups (broad SMARTS) is 1. The molecule has 132 valence electrons. The fourth-order valence-electron chi connectivity index (χ4n) is 2.02. The topological polar surface area (TPSA) is 37.3 Å². The molecule has 0 saturated heterocycles. The summed E-state index contributed by atoms with van der Waals surface area (Å²) in [6, 6.07) is 0. The van der Waals surface area contributed by atoms with Crippen molar-refractivity contribution >= 4 is 5.97 Å². The van der Waals surface area contributed by atoms with Gasteiger partial charge in [-0.05, 0) is 32.1 Å². The van der Waals surface area contributed by atoms with Gasteiger partial charge in [-0.1, -0.05) is 86.1 Å². The monoisotopic (exact) mass is 328 g/mol. The van der Waals surface area contributed by atoms with Crippen LogP contribution in [0, 0.1) is 0 Å². The molecule has 0 rings (SSSR count). The van der Waals surface area contributed by atoms with Gasteiger partial charge in [-0.2, -0.15) is 0 Å². The number of hydrogen-bond acceptors (Lipinski definition) is 1. The van der Waals surface area contributed by atoms with Crippen LogP contribution in [0.2, 0.25) is 0 Å². The highest BCUT2D eigenvalue weighted by Gasteiger charge is 1.90. The van der Waals surface area contributed by atoms with Crippen LogP contribution in [0.25, 0.3) is 0 Å². The van der Waals surface area contributed by atoms with E-state index in [1.807, 2.05) is 54.7 Å². The van der Waals surface area contributed by atoms with Crippen LogP contribution in [0.3, 0.4) is 0 Å². The van der Waals surface area contributed by atoms with E-state index < -0.39 is 5.97 Å². The third kappa shape index (κ3) is 19.9. The Morgan fingerprint density at radius 2 is 1.12 bits per heavy atom. The second-order valence-electron chi connectivity index (χ2n) is 5.58.